The van der Waals surface area contributed by atoms with Crippen LogP contribution < -0.4 is 4.90 Å². The Balaban J connectivity index is 1.46. The third kappa shape index (κ3) is 4.85. The average Bonchev–Trinajstić information content (AvgIpc) is 3.21. The van der Waals surface area contributed by atoms with E-state index in [1.165, 1.54) is 16.8 Å². The van der Waals surface area contributed by atoms with Gasteiger partial charge >= 0.3 is 0 Å². The number of sulfonamides is 1. The second-order valence-electron chi connectivity index (χ2n) is 8.18. The maximum Gasteiger partial charge on any atom is 0.223 e. The quantitative estimate of drug-likeness (QED) is 0.498. The minimum Gasteiger partial charge on any atom is -0.378 e. The Morgan fingerprint density at radius 3 is 2.58 bits per heavy atom. The van der Waals surface area contributed by atoms with Crippen molar-refractivity contribution in [3.8, 4) is 11.4 Å². The van der Waals surface area contributed by atoms with Gasteiger partial charge in [0.25, 0.3) is 0 Å². The Morgan fingerprint density at radius 2 is 1.88 bits per heavy atom. The van der Waals surface area contributed by atoms with Gasteiger partial charge in [0.1, 0.15) is 0 Å². The highest BCUT2D eigenvalue weighted by Gasteiger charge is 2.25. The first-order valence-corrected chi connectivity index (χ1v) is 13.5. The van der Waals surface area contributed by atoms with Crippen LogP contribution in [0.4, 0.5) is 10.2 Å². The Kier molecular flexibility index (Phi) is 6.27. The van der Waals surface area contributed by atoms with Crippen molar-refractivity contribution >= 4 is 37.4 Å². The minimum absolute atomic E-state index is 0.276. The van der Waals surface area contributed by atoms with Crippen LogP contribution in [0.1, 0.15) is 4.88 Å². The number of aromatic nitrogens is 3. The number of thiophene rings is 1. The highest BCUT2D eigenvalue weighted by molar-refractivity contribution is 7.88. The van der Waals surface area contributed by atoms with Crippen LogP contribution in [0.25, 0.3) is 21.6 Å². The molecule has 0 radical (unpaired) electrons. The third-order valence-electron chi connectivity index (χ3n) is 5.90. The summed E-state index contributed by atoms with van der Waals surface area (Å²) in [5, 5.41) is 0. The van der Waals surface area contributed by atoms with Crippen molar-refractivity contribution in [2.24, 2.45) is 0 Å². The van der Waals surface area contributed by atoms with Crippen molar-refractivity contribution < 1.29 is 17.5 Å². The molecule has 12 heteroatoms. The number of ether oxygens (including phenoxy) is 1. The summed E-state index contributed by atoms with van der Waals surface area (Å²) in [6.07, 6.45) is 2.66. The summed E-state index contributed by atoms with van der Waals surface area (Å²) in [5.41, 5.74) is 1.05. The number of hydrogen-bond acceptors (Lipinski definition) is 9. The molecule has 2 fully saturated rings. The summed E-state index contributed by atoms with van der Waals surface area (Å²) in [7, 11) is -3.16. The molecule has 0 spiro atoms. The zero-order valence-corrected chi connectivity index (χ0v) is 19.9. The van der Waals surface area contributed by atoms with E-state index in [1.807, 2.05) is 6.07 Å². The van der Waals surface area contributed by atoms with E-state index in [-0.39, 0.29) is 5.56 Å². The molecule has 0 N–H and O–H groups in total. The van der Waals surface area contributed by atoms with E-state index in [9.17, 15) is 12.8 Å². The first-order valence-electron chi connectivity index (χ1n) is 10.8. The summed E-state index contributed by atoms with van der Waals surface area (Å²) >= 11 is 1.64. The fourth-order valence-electron chi connectivity index (χ4n) is 4.14. The fraction of sp³-hybridized carbons (Fsp3) is 0.476. The Morgan fingerprint density at radius 1 is 1.12 bits per heavy atom. The van der Waals surface area contributed by atoms with E-state index >= 15 is 0 Å². The van der Waals surface area contributed by atoms with E-state index in [2.05, 4.69) is 19.8 Å². The number of hydrogen-bond donors (Lipinski definition) is 0. The van der Waals surface area contributed by atoms with Crippen LogP contribution in [0.2, 0.25) is 0 Å². The normalized spacial score (nSPS) is 18.8. The standard InChI is InChI=1S/C21H25FN6O3S2/c1-33(29,30)28-7-5-26(6-8-28)14-15-13-17-18(32-15)21(27-9-11-31-12-10-27)25-20(24-17)16-3-2-4-23-19(16)22/h2-4,13H,5-12,14H2,1H3. The van der Waals surface area contributed by atoms with Crippen molar-refractivity contribution in [2.75, 3.05) is 63.6 Å². The highest BCUT2D eigenvalue weighted by atomic mass is 32.2. The first-order chi connectivity index (χ1) is 15.9. The fourth-order valence-corrected chi connectivity index (χ4v) is 6.13. The number of piperazine rings is 1. The maximum absolute atomic E-state index is 14.4. The van der Waals surface area contributed by atoms with E-state index in [0.29, 0.717) is 64.9 Å². The Labute approximate surface area is 195 Å². The molecule has 0 saturated carbocycles. The molecule has 176 valence electrons. The number of anilines is 1. The van der Waals surface area contributed by atoms with Crippen molar-refractivity contribution in [2.45, 2.75) is 6.54 Å². The molecule has 3 aromatic heterocycles. The molecule has 33 heavy (non-hydrogen) atoms. The summed E-state index contributed by atoms with van der Waals surface area (Å²) in [4.78, 5) is 18.7. The van der Waals surface area contributed by atoms with Crippen LogP contribution in [-0.2, 0) is 21.3 Å². The number of pyridine rings is 1. The summed E-state index contributed by atoms with van der Waals surface area (Å²) < 4.78 is 45.9. The molecule has 0 bridgehead atoms. The molecule has 2 aliphatic heterocycles. The average molecular weight is 493 g/mol. The molecule has 0 unspecified atom stereocenters. The predicted molar refractivity (Wildman–Crippen MR) is 125 cm³/mol. The van der Waals surface area contributed by atoms with Crippen LogP contribution in [0, 0.1) is 5.95 Å². The number of fused-ring (bicyclic) bond motifs is 1. The highest BCUT2D eigenvalue weighted by Crippen LogP contribution is 2.35. The third-order valence-corrected chi connectivity index (χ3v) is 8.30. The molecule has 0 atom stereocenters. The van der Waals surface area contributed by atoms with Crippen LogP contribution in [-0.4, -0.2) is 91.3 Å². The molecule has 0 aromatic carbocycles. The molecular weight excluding hydrogens is 467 g/mol. The van der Waals surface area contributed by atoms with Gasteiger partial charge in [-0.15, -0.1) is 11.3 Å². The molecule has 9 nitrogen and oxygen atoms in total. The van der Waals surface area contributed by atoms with Gasteiger partial charge in [-0.25, -0.2) is 23.4 Å². The predicted octanol–water partition coefficient (Wildman–Crippen LogP) is 1.81. The summed E-state index contributed by atoms with van der Waals surface area (Å²) in [5.74, 6) is 0.518. The lowest BCUT2D eigenvalue weighted by Gasteiger charge is -2.32. The van der Waals surface area contributed by atoms with Crippen LogP contribution in [0.15, 0.2) is 24.4 Å². The molecule has 0 aliphatic carbocycles. The van der Waals surface area contributed by atoms with Gasteiger partial charge in [0, 0.05) is 56.9 Å². The lowest BCUT2D eigenvalue weighted by molar-refractivity contribution is 0.122. The van der Waals surface area contributed by atoms with Crippen molar-refractivity contribution in [3.05, 3.63) is 35.2 Å². The number of halogens is 1. The van der Waals surface area contributed by atoms with Crippen LogP contribution >= 0.6 is 11.3 Å². The molecule has 2 aliphatic rings. The second-order valence-corrected chi connectivity index (χ2v) is 11.3. The lowest BCUT2D eigenvalue weighted by Crippen LogP contribution is -2.47. The van der Waals surface area contributed by atoms with E-state index in [1.54, 1.807) is 23.5 Å². The van der Waals surface area contributed by atoms with Gasteiger partial charge < -0.3 is 9.64 Å². The molecule has 5 heterocycles. The van der Waals surface area contributed by atoms with Crippen molar-refractivity contribution in [3.63, 3.8) is 0 Å². The molecule has 2 saturated heterocycles. The summed E-state index contributed by atoms with van der Waals surface area (Å²) in [6, 6.07) is 5.35. The number of morpholine rings is 1. The van der Waals surface area contributed by atoms with Gasteiger partial charge in [0.05, 0.1) is 35.2 Å². The van der Waals surface area contributed by atoms with E-state index in [4.69, 9.17) is 9.72 Å². The number of rotatable bonds is 5. The Bertz CT molecular complexity index is 1250. The zero-order valence-electron chi connectivity index (χ0n) is 18.3. The van der Waals surface area contributed by atoms with Crippen LogP contribution in [0.3, 0.4) is 0 Å². The van der Waals surface area contributed by atoms with Crippen molar-refractivity contribution in [1.82, 2.24) is 24.2 Å². The minimum atomic E-state index is -3.16. The largest absolute Gasteiger partial charge is 0.378 e. The monoisotopic (exact) mass is 492 g/mol. The molecule has 0 amide bonds. The summed E-state index contributed by atoms with van der Waals surface area (Å²) in [6.45, 7) is 5.70. The van der Waals surface area contributed by atoms with Gasteiger partial charge in [0.2, 0.25) is 16.0 Å². The topological polar surface area (TPSA) is 91.8 Å². The second kappa shape index (κ2) is 9.18. The molecular formula is C21H25FN6O3S2. The van der Waals surface area contributed by atoms with E-state index in [0.717, 1.165) is 20.9 Å². The van der Waals surface area contributed by atoms with Gasteiger partial charge in [-0.05, 0) is 18.2 Å². The Hall–Kier alpha value is -2.25. The smallest absolute Gasteiger partial charge is 0.223 e. The zero-order chi connectivity index (χ0) is 23.0. The molecule has 3 aromatic rings. The molecule has 5 rings (SSSR count). The maximum atomic E-state index is 14.4. The van der Waals surface area contributed by atoms with Gasteiger partial charge in [-0.1, -0.05) is 0 Å². The first kappa shape index (κ1) is 22.5. The van der Waals surface area contributed by atoms with Gasteiger partial charge in [0.15, 0.2) is 11.6 Å². The van der Waals surface area contributed by atoms with Gasteiger partial charge in [-0.2, -0.15) is 8.70 Å². The lowest BCUT2D eigenvalue weighted by atomic mass is 10.2. The SMILES string of the molecule is CS(=O)(=O)N1CCN(Cc2cc3nc(-c4cccnc4F)nc(N4CCOCC4)c3s2)CC1. The number of nitrogens with zero attached hydrogens (tertiary/aromatic N) is 6. The van der Waals surface area contributed by atoms with Crippen molar-refractivity contribution in [1.29, 1.82) is 0 Å². The van der Waals surface area contributed by atoms with Gasteiger partial charge in [-0.3, -0.25) is 4.90 Å². The van der Waals surface area contributed by atoms with E-state index < -0.39 is 16.0 Å². The van der Waals surface area contributed by atoms with Crippen LogP contribution in [0.5, 0.6) is 0 Å².